The first kappa shape index (κ1) is 10.8. The molecular weight excluding hydrogens is 210 g/mol. The topological polar surface area (TPSA) is 67.8 Å². The first-order valence-corrected chi connectivity index (χ1v) is 5.05. The number of amides is 1. The van der Waals surface area contributed by atoms with Crippen molar-refractivity contribution in [3.63, 3.8) is 0 Å². The predicted molar refractivity (Wildman–Crippen MR) is 56.1 cm³/mol. The fourth-order valence-electron chi connectivity index (χ4n) is 1.41. The highest BCUT2D eigenvalue weighted by molar-refractivity contribution is 5.69. The molecule has 5 heteroatoms. The van der Waals surface area contributed by atoms with Gasteiger partial charge in [-0.2, -0.15) is 0 Å². The number of aliphatic hydroxyl groups is 1. The maximum atomic E-state index is 10.7. The third kappa shape index (κ3) is 2.64. The number of alkyl carbamates (subject to hydrolysis) is 1. The Morgan fingerprint density at radius 3 is 2.75 bits per heavy atom. The lowest BCUT2D eigenvalue weighted by atomic mass is 10.2. The molecule has 86 valence electrons. The number of nitrogens with one attached hydrogen (secondary N) is 1. The molecule has 1 saturated heterocycles. The summed E-state index contributed by atoms with van der Waals surface area (Å²) in [6.07, 6.45) is -0.630. The van der Waals surface area contributed by atoms with Gasteiger partial charge in [0, 0.05) is 0 Å². The van der Waals surface area contributed by atoms with Crippen molar-refractivity contribution in [3.8, 4) is 5.75 Å². The van der Waals surface area contributed by atoms with Crippen LogP contribution in [0.1, 0.15) is 5.56 Å². The summed E-state index contributed by atoms with van der Waals surface area (Å²) in [7, 11) is 0. The molecule has 1 heterocycles. The molecule has 1 aliphatic rings. The number of ether oxygens (including phenoxy) is 2. The van der Waals surface area contributed by atoms with Gasteiger partial charge >= 0.3 is 6.09 Å². The Kier molecular flexibility index (Phi) is 3.26. The third-order valence-corrected chi connectivity index (χ3v) is 2.29. The zero-order valence-corrected chi connectivity index (χ0v) is 8.68. The number of benzene rings is 1. The minimum atomic E-state index is -0.399. The van der Waals surface area contributed by atoms with Crippen molar-refractivity contribution in [1.29, 1.82) is 0 Å². The van der Waals surface area contributed by atoms with Gasteiger partial charge < -0.3 is 19.9 Å². The second kappa shape index (κ2) is 4.85. The van der Waals surface area contributed by atoms with Crippen LogP contribution in [-0.2, 0) is 11.3 Å². The van der Waals surface area contributed by atoms with Crippen LogP contribution in [-0.4, -0.2) is 30.5 Å². The van der Waals surface area contributed by atoms with Gasteiger partial charge in [-0.1, -0.05) is 12.1 Å². The maximum Gasteiger partial charge on any atom is 0.407 e. The molecule has 1 amide bonds. The minimum absolute atomic E-state index is 0.0183. The van der Waals surface area contributed by atoms with Gasteiger partial charge in [-0.05, 0) is 17.7 Å². The van der Waals surface area contributed by atoms with Gasteiger partial charge in [-0.3, -0.25) is 0 Å². The largest absolute Gasteiger partial charge is 0.490 e. The summed E-state index contributed by atoms with van der Waals surface area (Å²) in [6, 6.07) is 7.12. The third-order valence-electron chi connectivity index (χ3n) is 2.29. The lowest BCUT2D eigenvalue weighted by Gasteiger charge is -2.10. The lowest BCUT2D eigenvalue weighted by molar-refractivity contribution is 0.105. The number of cyclic esters (lactones) is 1. The molecule has 1 unspecified atom stereocenters. The van der Waals surface area contributed by atoms with Crippen molar-refractivity contribution in [2.45, 2.75) is 12.7 Å². The van der Waals surface area contributed by atoms with Gasteiger partial charge in [0.2, 0.25) is 0 Å². The van der Waals surface area contributed by atoms with Crippen molar-refractivity contribution in [3.05, 3.63) is 29.8 Å². The van der Waals surface area contributed by atoms with E-state index in [0.29, 0.717) is 18.9 Å². The van der Waals surface area contributed by atoms with Crippen LogP contribution in [0, 0.1) is 0 Å². The molecule has 0 bridgehead atoms. The molecule has 2 rings (SSSR count). The maximum absolute atomic E-state index is 10.7. The Bertz CT molecular complexity index is 363. The van der Waals surface area contributed by atoms with E-state index in [1.165, 1.54) is 0 Å². The van der Waals surface area contributed by atoms with E-state index in [2.05, 4.69) is 5.32 Å². The van der Waals surface area contributed by atoms with E-state index in [1.54, 1.807) is 24.3 Å². The second-order valence-corrected chi connectivity index (χ2v) is 3.52. The molecule has 0 spiro atoms. The van der Waals surface area contributed by atoms with E-state index >= 15 is 0 Å². The summed E-state index contributed by atoms with van der Waals surface area (Å²) in [5.41, 5.74) is 0.835. The van der Waals surface area contributed by atoms with Crippen molar-refractivity contribution in [1.82, 2.24) is 5.32 Å². The smallest absolute Gasteiger partial charge is 0.407 e. The summed E-state index contributed by atoms with van der Waals surface area (Å²) in [5.74, 6) is 0.695. The van der Waals surface area contributed by atoms with E-state index in [1.807, 2.05) is 0 Å². The molecule has 1 fully saturated rings. The Balaban J connectivity index is 1.82. The zero-order valence-electron chi connectivity index (χ0n) is 8.68. The van der Waals surface area contributed by atoms with Crippen molar-refractivity contribution in [2.24, 2.45) is 0 Å². The quantitative estimate of drug-likeness (QED) is 0.787. The normalized spacial score (nSPS) is 19.1. The highest BCUT2D eigenvalue weighted by atomic mass is 16.6. The minimum Gasteiger partial charge on any atom is -0.490 e. The molecule has 1 aromatic carbocycles. The van der Waals surface area contributed by atoms with Gasteiger partial charge in [0.15, 0.2) is 6.10 Å². The number of carbonyl (C=O) groups excluding carboxylic acids is 1. The summed E-state index contributed by atoms with van der Waals surface area (Å²) < 4.78 is 10.4. The van der Waals surface area contributed by atoms with Gasteiger partial charge in [0.25, 0.3) is 0 Å². The van der Waals surface area contributed by atoms with Crippen LogP contribution in [0.15, 0.2) is 24.3 Å². The van der Waals surface area contributed by atoms with Crippen molar-refractivity contribution >= 4 is 6.09 Å². The molecule has 1 aliphatic heterocycles. The van der Waals surface area contributed by atoms with E-state index in [4.69, 9.17) is 14.6 Å². The average molecular weight is 223 g/mol. The number of hydrogen-bond acceptors (Lipinski definition) is 4. The summed E-state index contributed by atoms with van der Waals surface area (Å²) in [6.45, 7) is 0.829. The molecule has 0 aromatic heterocycles. The fourth-order valence-corrected chi connectivity index (χ4v) is 1.41. The SMILES string of the molecule is O=C1NCC(COc2ccc(CO)cc2)O1. The van der Waals surface area contributed by atoms with Crippen LogP contribution in [0.25, 0.3) is 0 Å². The average Bonchev–Trinajstić information content (AvgIpc) is 2.73. The molecule has 2 N–H and O–H groups in total. The predicted octanol–water partition coefficient (Wildman–Crippen LogP) is 0.666. The molecule has 5 nitrogen and oxygen atoms in total. The van der Waals surface area contributed by atoms with Crippen LogP contribution in [0.5, 0.6) is 5.75 Å². The highest BCUT2D eigenvalue weighted by Gasteiger charge is 2.22. The Labute approximate surface area is 93.0 Å². The molecule has 0 aliphatic carbocycles. The first-order chi connectivity index (χ1) is 7.78. The number of rotatable bonds is 4. The van der Waals surface area contributed by atoms with Crippen LogP contribution in [0.4, 0.5) is 4.79 Å². The van der Waals surface area contributed by atoms with E-state index in [-0.39, 0.29) is 12.7 Å². The van der Waals surface area contributed by atoms with E-state index in [9.17, 15) is 4.79 Å². The molecule has 16 heavy (non-hydrogen) atoms. The van der Waals surface area contributed by atoms with Gasteiger partial charge in [-0.25, -0.2) is 4.79 Å². The van der Waals surface area contributed by atoms with Crippen LogP contribution < -0.4 is 10.1 Å². The van der Waals surface area contributed by atoms with E-state index in [0.717, 1.165) is 5.56 Å². The van der Waals surface area contributed by atoms with Crippen LogP contribution in [0.2, 0.25) is 0 Å². The first-order valence-electron chi connectivity index (χ1n) is 5.05. The van der Waals surface area contributed by atoms with Crippen molar-refractivity contribution < 1.29 is 19.4 Å². The number of carbonyl (C=O) groups is 1. The van der Waals surface area contributed by atoms with Gasteiger partial charge in [0.1, 0.15) is 12.4 Å². The standard InChI is InChI=1S/C11H13NO4/c13-6-8-1-3-9(4-2-8)15-7-10-5-12-11(14)16-10/h1-4,10,13H,5-7H2,(H,12,14). The zero-order chi connectivity index (χ0) is 11.4. The molecule has 0 saturated carbocycles. The number of aliphatic hydroxyl groups excluding tert-OH is 1. The summed E-state index contributed by atoms with van der Waals surface area (Å²) in [5, 5.41) is 11.4. The molecular formula is C11H13NO4. The highest BCUT2D eigenvalue weighted by Crippen LogP contribution is 2.13. The van der Waals surface area contributed by atoms with Gasteiger partial charge in [-0.15, -0.1) is 0 Å². The molecule has 1 atom stereocenters. The van der Waals surface area contributed by atoms with Crippen LogP contribution >= 0.6 is 0 Å². The van der Waals surface area contributed by atoms with Gasteiger partial charge in [0.05, 0.1) is 13.2 Å². The number of hydrogen-bond donors (Lipinski definition) is 2. The van der Waals surface area contributed by atoms with Crippen LogP contribution in [0.3, 0.4) is 0 Å². The Morgan fingerprint density at radius 2 is 2.19 bits per heavy atom. The van der Waals surface area contributed by atoms with Crippen molar-refractivity contribution in [2.75, 3.05) is 13.2 Å². The molecule has 0 radical (unpaired) electrons. The monoisotopic (exact) mass is 223 g/mol. The second-order valence-electron chi connectivity index (χ2n) is 3.52. The van der Waals surface area contributed by atoms with E-state index < -0.39 is 6.09 Å². The fraction of sp³-hybridized carbons (Fsp3) is 0.364. The Hall–Kier alpha value is -1.75. The lowest BCUT2D eigenvalue weighted by Crippen LogP contribution is -2.21. The molecule has 1 aromatic rings. The summed E-state index contributed by atoms with van der Waals surface area (Å²) >= 11 is 0. The summed E-state index contributed by atoms with van der Waals surface area (Å²) in [4.78, 5) is 10.7. The Morgan fingerprint density at radius 1 is 1.44 bits per heavy atom.